The number of hydrogen-bond donors (Lipinski definition) is 1. The lowest BCUT2D eigenvalue weighted by Gasteiger charge is -2.19. The van der Waals surface area contributed by atoms with Crippen molar-refractivity contribution in [1.29, 1.82) is 0 Å². The fraction of sp³-hybridized carbons (Fsp3) is 0.600. The molecule has 0 fully saturated rings. The molecule has 1 aromatic rings. The maximum Gasteiger partial charge on any atom is 0.0950 e. The minimum absolute atomic E-state index is 0.0142. The molecule has 20 heavy (non-hydrogen) atoms. The van der Waals surface area contributed by atoms with Crippen molar-refractivity contribution in [2.45, 2.75) is 13.0 Å². The van der Waals surface area contributed by atoms with Gasteiger partial charge in [0.25, 0.3) is 0 Å². The summed E-state index contributed by atoms with van der Waals surface area (Å²) >= 11 is 6.03. The second kappa shape index (κ2) is 11.1. The first-order valence-electron chi connectivity index (χ1n) is 6.92. The molecule has 0 aliphatic rings. The summed E-state index contributed by atoms with van der Waals surface area (Å²) in [4.78, 5) is 0. The topological polar surface area (TPSA) is 39.7 Å². The van der Waals surface area contributed by atoms with Crippen molar-refractivity contribution in [2.24, 2.45) is 0 Å². The van der Waals surface area contributed by atoms with Gasteiger partial charge in [-0.1, -0.05) is 30.7 Å². The average Bonchev–Trinajstić information content (AvgIpc) is 2.45. The molecular formula is C15H24ClNO3. The Morgan fingerprint density at radius 1 is 1.20 bits per heavy atom. The van der Waals surface area contributed by atoms with Crippen LogP contribution in [0, 0.1) is 0 Å². The summed E-state index contributed by atoms with van der Waals surface area (Å²) < 4.78 is 16.2. The number of nitrogens with one attached hydrogen (secondary N) is 1. The van der Waals surface area contributed by atoms with Crippen LogP contribution in [0.1, 0.15) is 18.6 Å². The molecule has 0 aromatic heterocycles. The molecule has 0 bridgehead atoms. The lowest BCUT2D eigenvalue weighted by molar-refractivity contribution is -0.00670. The van der Waals surface area contributed by atoms with Gasteiger partial charge in [0.15, 0.2) is 0 Å². The Balaban J connectivity index is 2.40. The first-order chi connectivity index (χ1) is 9.77. The van der Waals surface area contributed by atoms with Gasteiger partial charge < -0.3 is 19.5 Å². The van der Waals surface area contributed by atoms with E-state index < -0.39 is 0 Å². The molecule has 1 unspecified atom stereocenters. The van der Waals surface area contributed by atoms with E-state index in [1.165, 1.54) is 0 Å². The normalized spacial score (nSPS) is 12.6. The zero-order chi connectivity index (χ0) is 14.6. The van der Waals surface area contributed by atoms with Crippen LogP contribution in [0.2, 0.25) is 5.02 Å². The van der Waals surface area contributed by atoms with E-state index in [4.69, 9.17) is 25.8 Å². The quantitative estimate of drug-likeness (QED) is 0.638. The third kappa shape index (κ3) is 7.22. The largest absolute Gasteiger partial charge is 0.382 e. The van der Waals surface area contributed by atoms with Gasteiger partial charge in [-0.15, -0.1) is 0 Å². The van der Waals surface area contributed by atoms with Crippen molar-refractivity contribution in [3.05, 3.63) is 34.9 Å². The summed E-state index contributed by atoms with van der Waals surface area (Å²) in [5.74, 6) is 0. The molecule has 0 saturated heterocycles. The molecule has 1 atom stereocenters. The van der Waals surface area contributed by atoms with Gasteiger partial charge in [0.05, 0.1) is 32.5 Å². The van der Waals surface area contributed by atoms with E-state index >= 15 is 0 Å². The Bertz CT molecular complexity index is 363. The molecule has 1 N–H and O–H groups in total. The van der Waals surface area contributed by atoms with Crippen LogP contribution in [-0.2, 0) is 14.2 Å². The second-order valence-electron chi connectivity index (χ2n) is 4.33. The zero-order valence-corrected chi connectivity index (χ0v) is 13.0. The maximum atomic E-state index is 6.03. The van der Waals surface area contributed by atoms with Crippen LogP contribution in [0.4, 0.5) is 0 Å². The van der Waals surface area contributed by atoms with E-state index in [1.807, 2.05) is 24.3 Å². The van der Waals surface area contributed by atoms with Crippen LogP contribution in [0.15, 0.2) is 24.3 Å². The summed E-state index contributed by atoms with van der Waals surface area (Å²) in [6.07, 6.45) is -0.0142. The molecule has 1 aromatic carbocycles. The smallest absolute Gasteiger partial charge is 0.0950 e. The fourth-order valence-corrected chi connectivity index (χ4v) is 1.95. The monoisotopic (exact) mass is 301 g/mol. The number of methoxy groups -OCH3 is 1. The molecule has 114 valence electrons. The fourth-order valence-electron chi connectivity index (χ4n) is 1.75. The first-order valence-corrected chi connectivity index (χ1v) is 7.30. The lowest BCUT2D eigenvalue weighted by Crippen LogP contribution is -2.24. The van der Waals surface area contributed by atoms with Gasteiger partial charge in [-0.05, 0) is 24.2 Å². The number of rotatable bonds is 11. The Morgan fingerprint density at radius 3 is 2.70 bits per heavy atom. The van der Waals surface area contributed by atoms with E-state index in [0.29, 0.717) is 26.4 Å². The molecule has 0 amide bonds. The summed E-state index contributed by atoms with van der Waals surface area (Å²) in [6.45, 7) is 6.05. The highest BCUT2D eigenvalue weighted by Gasteiger charge is 2.11. The van der Waals surface area contributed by atoms with Crippen molar-refractivity contribution >= 4 is 11.6 Å². The van der Waals surface area contributed by atoms with Crippen molar-refractivity contribution in [3.8, 4) is 0 Å². The van der Waals surface area contributed by atoms with E-state index in [2.05, 4.69) is 12.2 Å². The number of ether oxygens (including phenoxy) is 3. The van der Waals surface area contributed by atoms with Crippen LogP contribution in [0.3, 0.4) is 0 Å². The Morgan fingerprint density at radius 2 is 2.00 bits per heavy atom. The number of benzene rings is 1. The van der Waals surface area contributed by atoms with Gasteiger partial charge in [0.2, 0.25) is 0 Å². The number of halogens is 1. The predicted molar refractivity (Wildman–Crippen MR) is 81.4 cm³/mol. The standard InChI is InChI=1S/C15H24ClNO3/c1-3-17-12-15(13-5-4-6-14(16)11-13)20-10-9-19-8-7-18-2/h4-6,11,15,17H,3,7-10,12H2,1-2H3. The average molecular weight is 302 g/mol. The SMILES string of the molecule is CCNCC(OCCOCCOC)c1cccc(Cl)c1. The Kier molecular flexibility index (Phi) is 9.62. The van der Waals surface area contributed by atoms with Crippen molar-refractivity contribution < 1.29 is 14.2 Å². The highest BCUT2D eigenvalue weighted by atomic mass is 35.5. The first kappa shape index (κ1) is 17.4. The van der Waals surface area contributed by atoms with E-state index in [-0.39, 0.29) is 6.10 Å². The second-order valence-corrected chi connectivity index (χ2v) is 4.76. The van der Waals surface area contributed by atoms with Gasteiger partial charge >= 0.3 is 0 Å². The molecule has 0 heterocycles. The Labute approximate surface area is 126 Å². The summed E-state index contributed by atoms with van der Waals surface area (Å²) in [5.41, 5.74) is 1.08. The zero-order valence-electron chi connectivity index (χ0n) is 12.2. The lowest BCUT2D eigenvalue weighted by atomic mass is 10.1. The van der Waals surface area contributed by atoms with Crippen molar-refractivity contribution in [1.82, 2.24) is 5.32 Å². The van der Waals surface area contributed by atoms with Gasteiger partial charge in [-0.25, -0.2) is 0 Å². The molecule has 0 aliphatic carbocycles. The third-order valence-electron chi connectivity index (χ3n) is 2.78. The highest BCUT2D eigenvalue weighted by molar-refractivity contribution is 6.30. The molecule has 0 saturated carbocycles. The molecule has 0 spiro atoms. The summed E-state index contributed by atoms with van der Waals surface area (Å²) in [6, 6.07) is 7.77. The van der Waals surface area contributed by atoms with Gasteiger partial charge in [0, 0.05) is 18.7 Å². The van der Waals surface area contributed by atoms with Crippen molar-refractivity contribution in [2.75, 3.05) is 46.6 Å². The van der Waals surface area contributed by atoms with E-state index in [9.17, 15) is 0 Å². The molecular weight excluding hydrogens is 278 g/mol. The van der Waals surface area contributed by atoms with Crippen LogP contribution in [0.25, 0.3) is 0 Å². The summed E-state index contributed by atoms with van der Waals surface area (Å²) in [7, 11) is 1.66. The Hall–Kier alpha value is -0.650. The van der Waals surface area contributed by atoms with Gasteiger partial charge in [-0.3, -0.25) is 0 Å². The van der Waals surface area contributed by atoms with Crippen LogP contribution < -0.4 is 5.32 Å². The minimum atomic E-state index is -0.0142. The highest BCUT2D eigenvalue weighted by Crippen LogP contribution is 2.20. The van der Waals surface area contributed by atoms with Crippen molar-refractivity contribution in [3.63, 3.8) is 0 Å². The summed E-state index contributed by atoms with van der Waals surface area (Å²) in [5, 5.41) is 4.02. The molecule has 0 aliphatic heterocycles. The van der Waals surface area contributed by atoms with Gasteiger partial charge in [0.1, 0.15) is 0 Å². The van der Waals surface area contributed by atoms with Crippen LogP contribution in [0.5, 0.6) is 0 Å². The maximum absolute atomic E-state index is 6.03. The molecule has 1 rings (SSSR count). The number of likely N-dealkylation sites (N-methyl/N-ethyl adjacent to an activating group) is 1. The van der Waals surface area contributed by atoms with Crippen LogP contribution >= 0.6 is 11.6 Å². The van der Waals surface area contributed by atoms with E-state index in [1.54, 1.807) is 7.11 Å². The molecule has 0 radical (unpaired) electrons. The predicted octanol–water partition coefficient (Wildman–Crippen LogP) is 2.67. The molecule has 5 heteroatoms. The van der Waals surface area contributed by atoms with E-state index in [0.717, 1.165) is 23.7 Å². The van der Waals surface area contributed by atoms with Crippen LogP contribution in [-0.4, -0.2) is 46.6 Å². The van der Waals surface area contributed by atoms with Gasteiger partial charge in [-0.2, -0.15) is 0 Å². The number of hydrogen-bond acceptors (Lipinski definition) is 4. The third-order valence-corrected chi connectivity index (χ3v) is 3.01. The minimum Gasteiger partial charge on any atom is -0.382 e. The molecule has 4 nitrogen and oxygen atoms in total.